The van der Waals surface area contributed by atoms with Crippen LogP contribution in [0, 0.1) is 0 Å². The molecule has 0 radical (unpaired) electrons. The second-order valence-corrected chi connectivity index (χ2v) is 5.75. The number of sulfonamides is 1. The van der Waals surface area contributed by atoms with E-state index in [4.69, 9.17) is 0 Å². The topological polar surface area (TPSA) is 74.8 Å². The Hall–Kier alpha value is -1.21. The normalized spacial score (nSPS) is 19.1. The van der Waals surface area contributed by atoms with Crippen LogP contribution in [0.3, 0.4) is 0 Å². The summed E-state index contributed by atoms with van der Waals surface area (Å²) in [5.74, 6) is -1.20. The van der Waals surface area contributed by atoms with Gasteiger partial charge in [0.15, 0.2) is 5.37 Å². The fraction of sp³-hybridized carbons (Fsp3) is 0.500. The molecule has 0 aromatic carbocycles. The minimum absolute atomic E-state index is 0.599. The Balaban J connectivity index is 3.01. The van der Waals surface area contributed by atoms with Gasteiger partial charge in [-0.25, -0.2) is 12.7 Å². The van der Waals surface area contributed by atoms with E-state index >= 15 is 0 Å². The number of nitrogens with zero attached hydrogens (tertiary/aromatic N) is 2. The summed E-state index contributed by atoms with van der Waals surface area (Å²) in [6.07, 6.45) is 2.12. The van der Waals surface area contributed by atoms with Gasteiger partial charge < -0.3 is 0 Å². The fourth-order valence-corrected chi connectivity index (χ4v) is 2.29. The number of carbonyl (C=O) groups is 2. The van der Waals surface area contributed by atoms with E-state index in [9.17, 15) is 18.0 Å². The number of hydrogen-bond donors (Lipinski definition) is 0. The number of imide groups is 1. The zero-order valence-electron chi connectivity index (χ0n) is 8.67. The van der Waals surface area contributed by atoms with Crippen molar-refractivity contribution in [1.82, 2.24) is 9.21 Å². The molecule has 15 heavy (non-hydrogen) atoms. The first kappa shape index (κ1) is 11.9. The van der Waals surface area contributed by atoms with Gasteiger partial charge in [-0.15, -0.1) is 0 Å². The average Bonchev–Trinajstić information content (AvgIpc) is 2.45. The van der Waals surface area contributed by atoms with Gasteiger partial charge in [-0.3, -0.25) is 14.5 Å². The first-order chi connectivity index (χ1) is 6.78. The summed E-state index contributed by atoms with van der Waals surface area (Å²) < 4.78 is 24.3. The van der Waals surface area contributed by atoms with Crippen LogP contribution in [0.2, 0.25) is 0 Å². The van der Waals surface area contributed by atoms with E-state index in [1.807, 2.05) is 0 Å². The molecule has 0 N–H and O–H groups in total. The molecule has 1 heterocycles. The highest BCUT2D eigenvalue weighted by atomic mass is 32.2. The van der Waals surface area contributed by atoms with Crippen LogP contribution in [0.15, 0.2) is 12.2 Å². The lowest BCUT2D eigenvalue weighted by molar-refractivity contribution is -0.137. The van der Waals surface area contributed by atoms with Crippen LogP contribution >= 0.6 is 0 Å². The highest BCUT2D eigenvalue weighted by molar-refractivity contribution is 7.89. The SMILES string of the molecule is CC(N1C(=O)C=CC1=O)S(=O)(=O)N(C)C. The van der Waals surface area contributed by atoms with Gasteiger partial charge in [-0.1, -0.05) is 0 Å². The monoisotopic (exact) mass is 232 g/mol. The lowest BCUT2D eigenvalue weighted by atomic mass is 10.5. The maximum Gasteiger partial charge on any atom is 0.254 e. The summed E-state index contributed by atoms with van der Waals surface area (Å²) in [6, 6.07) is 0. The zero-order valence-corrected chi connectivity index (χ0v) is 9.48. The van der Waals surface area contributed by atoms with Crippen molar-refractivity contribution in [2.75, 3.05) is 14.1 Å². The molecule has 0 fully saturated rings. The van der Waals surface area contributed by atoms with Gasteiger partial charge in [0.25, 0.3) is 11.8 Å². The standard InChI is InChI=1S/C8H12N2O4S/c1-6(15(13,14)9(2)3)10-7(11)4-5-8(10)12/h4-6H,1-3H3. The van der Waals surface area contributed by atoms with Gasteiger partial charge in [-0.2, -0.15) is 0 Å². The summed E-state index contributed by atoms with van der Waals surface area (Å²) in [6.45, 7) is 1.30. The highest BCUT2D eigenvalue weighted by Gasteiger charge is 2.37. The Morgan fingerprint density at radius 1 is 1.20 bits per heavy atom. The Bertz CT molecular complexity index is 406. The minimum Gasteiger partial charge on any atom is -0.269 e. The van der Waals surface area contributed by atoms with E-state index in [0.717, 1.165) is 21.4 Å². The molecule has 0 aromatic rings. The summed E-state index contributed by atoms with van der Waals surface area (Å²) >= 11 is 0. The van der Waals surface area contributed by atoms with E-state index in [1.54, 1.807) is 0 Å². The number of carbonyl (C=O) groups excluding carboxylic acids is 2. The smallest absolute Gasteiger partial charge is 0.254 e. The summed E-state index contributed by atoms with van der Waals surface area (Å²) in [4.78, 5) is 23.2. The second kappa shape index (κ2) is 3.74. The molecular weight excluding hydrogens is 220 g/mol. The molecule has 0 saturated heterocycles. The van der Waals surface area contributed by atoms with Gasteiger partial charge in [0.05, 0.1) is 0 Å². The van der Waals surface area contributed by atoms with E-state index < -0.39 is 27.2 Å². The molecule has 6 nitrogen and oxygen atoms in total. The lowest BCUT2D eigenvalue weighted by Crippen LogP contribution is -2.47. The van der Waals surface area contributed by atoms with Crippen LogP contribution < -0.4 is 0 Å². The second-order valence-electron chi connectivity index (χ2n) is 3.31. The molecule has 84 valence electrons. The van der Waals surface area contributed by atoms with Gasteiger partial charge >= 0.3 is 0 Å². The van der Waals surface area contributed by atoms with Crippen molar-refractivity contribution in [2.24, 2.45) is 0 Å². The average molecular weight is 232 g/mol. The van der Waals surface area contributed by atoms with Crippen LogP contribution in [-0.2, 0) is 19.6 Å². The highest BCUT2D eigenvalue weighted by Crippen LogP contribution is 2.15. The molecule has 0 saturated carbocycles. The third-order valence-corrected chi connectivity index (χ3v) is 4.24. The van der Waals surface area contributed by atoms with Crippen molar-refractivity contribution in [3.63, 3.8) is 0 Å². The minimum atomic E-state index is -3.65. The first-order valence-electron chi connectivity index (χ1n) is 4.25. The maximum absolute atomic E-state index is 11.7. The maximum atomic E-state index is 11.7. The van der Waals surface area contributed by atoms with Gasteiger partial charge in [-0.05, 0) is 6.92 Å². The van der Waals surface area contributed by atoms with Crippen molar-refractivity contribution >= 4 is 21.8 Å². The summed E-state index contributed by atoms with van der Waals surface area (Å²) in [7, 11) is -0.946. The van der Waals surface area contributed by atoms with E-state index in [2.05, 4.69) is 0 Å². The van der Waals surface area contributed by atoms with Crippen molar-refractivity contribution in [2.45, 2.75) is 12.3 Å². The van der Waals surface area contributed by atoms with Crippen LogP contribution in [-0.4, -0.2) is 48.9 Å². The third kappa shape index (κ3) is 1.93. The van der Waals surface area contributed by atoms with Gasteiger partial charge in [0.2, 0.25) is 10.0 Å². The van der Waals surface area contributed by atoms with Gasteiger partial charge in [0, 0.05) is 26.2 Å². The van der Waals surface area contributed by atoms with Crippen LogP contribution in [0.5, 0.6) is 0 Å². The van der Waals surface area contributed by atoms with Crippen molar-refractivity contribution in [1.29, 1.82) is 0 Å². The lowest BCUT2D eigenvalue weighted by Gasteiger charge is -2.25. The predicted octanol–water partition coefficient (Wildman–Crippen LogP) is -0.851. The summed E-state index contributed by atoms with van der Waals surface area (Å²) in [5.41, 5.74) is 0. The van der Waals surface area contributed by atoms with Crippen molar-refractivity contribution in [3.05, 3.63) is 12.2 Å². The molecule has 0 bridgehead atoms. The predicted molar refractivity (Wildman–Crippen MR) is 53.1 cm³/mol. The Labute approximate surface area is 88.2 Å². The number of amides is 2. The van der Waals surface area contributed by atoms with Crippen LogP contribution in [0.1, 0.15) is 6.92 Å². The molecule has 2 amide bonds. The molecule has 1 atom stereocenters. The molecular formula is C8H12N2O4S. The molecule has 0 spiro atoms. The Kier molecular flexibility index (Phi) is 2.96. The molecule has 7 heteroatoms. The third-order valence-electron chi connectivity index (χ3n) is 2.15. The van der Waals surface area contributed by atoms with E-state index in [0.29, 0.717) is 0 Å². The zero-order chi connectivity index (χ0) is 11.8. The largest absolute Gasteiger partial charge is 0.269 e. The van der Waals surface area contributed by atoms with Crippen molar-refractivity contribution < 1.29 is 18.0 Å². The summed E-state index contributed by atoms with van der Waals surface area (Å²) in [5, 5.41) is -1.18. The van der Waals surface area contributed by atoms with Crippen LogP contribution in [0.4, 0.5) is 0 Å². The van der Waals surface area contributed by atoms with Crippen LogP contribution in [0.25, 0.3) is 0 Å². The quantitative estimate of drug-likeness (QED) is 0.594. The Morgan fingerprint density at radius 2 is 1.60 bits per heavy atom. The molecule has 0 aliphatic carbocycles. The molecule has 0 aromatic heterocycles. The van der Waals surface area contributed by atoms with Gasteiger partial charge in [0.1, 0.15) is 0 Å². The molecule has 1 rings (SSSR count). The fourth-order valence-electron chi connectivity index (χ4n) is 1.21. The van der Waals surface area contributed by atoms with E-state index in [1.165, 1.54) is 21.0 Å². The molecule has 1 aliphatic rings. The number of rotatable bonds is 3. The molecule has 1 aliphatic heterocycles. The Morgan fingerprint density at radius 3 is 1.93 bits per heavy atom. The van der Waals surface area contributed by atoms with Crippen molar-refractivity contribution in [3.8, 4) is 0 Å². The first-order valence-corrected chi connectivity index (χ1v) is 5.75. The number of hydrogen-bond acceptors (Lipinski definition) is 4. The molecule has 1 unspecified atom stereocenters. The van der Waals surface area contributed by atoms with E-state index in [-0.39, 0.29) is 0 Å².